The van der Waals surface area contributed by atoms with Crippen molar-refractivity contribution >= 4 is 36.2 Å². The third-order valence-electron chi connectivity index (χ3n) is 3.53. The van der Waals surface area contributed by atoms with E-state index in [1.807, 2.05) is 24.3 Å². The molecule has 1 aliphatic rings. The van der Waals surface area contributed by atoms with Gasteiger partial charge in [-0.3, -0.25) is 18.9 Å². The Labute approximate surface area is 126 Å². The summed E-state index contributed by atoms with van der Waals surface area (Å²) in [4.78, 5) is 28.4. The van der Waals surface area contributed by atoms with Crippen molar-refractivity contribution in [2.75, 3.05) is 0 Å². The number of aromatic nitrogens is 2. The quantitative estimate of drug-likeness (QED) is 0.643. The predicted octanol–water partition coefficient (Wildman–Crippen LogP) is 1.63. The van der Waals surface area contributed by atoms with Crippen molar-refractivity contribution in [1.29, 1.82) is 0 Å². The summed E-state index contributed by atoms with van der Waals surface area (Å²) < 4.78 is 2.42. The van der Waals surface area contributed by atoms with E-state index in [0.717, 1.165) is 21.4 Å². The zero-order valence-corrected chi connectivity index (χ0v) is 12.5. The molecule has 0 N–H and O–H groups in total. The average Bonchev–Trinajstić information content (AvgIpc) is 2.91. The maximum atomic E-state index is 12.3. The van der Waals surface area contributed by atoms with E-state index in [2.05, 4.69) is 17.6 Å². The molecule has 0 saturated carbocycles. The van der Waals surface area contributed by atoms with Gasteiger partial charge in [-0.2, -0.15) is 0 Å². The van der Waals surface area contributed by atoms with Crippen molar-refractivity contribution in [3.05, 3.63) is 56.2 Å². The first kappa shape index (κ1) is 13.6. The smallest absolute Gasteiger partial charge is 0.291 e. The molecule has 1 aromatic carbocycles. The molecule has 6 heteroatoms. The van der Waals surface area contributed by atoms with Gasteiger partial charge in [0.1, 0.15) is 0 Å². The number of hydrogen-bond donors (Lipinski definition) is 1. The minimum Gasteiger partial charge on any atom is -0.291 e. The zero-order chi connectivity index (χ0) is 15.1. The van der Waals surface area contributed by atoms with Crippen LogP contribution in [-0.4, -0.2) is 15.3 Å². The number of benzene rings is 1. The molecule has 0 spiro atoms. The Kier molecular flexibility index (Phi) is 3.17. The number of nitrogens with zero attached hydrogens (tertiary/aromatic N) is 3. The normalized spacial score (nSPS) is 14.7. The molecule has 5 nitrogen and oxygen atoms in total. The molecule has 0 aliphatic carbocycles. The second-order valence-electron chi connectivity index (χ2n) is 4.82. The number of aliphatic imine (C=N–C) groups is 1. The first-order chi connectivity index (χ1) is 10.0. The van der Waals surface area contributed by atoms with Crippen LogP contribution in [0, 0.1) is 0 Å². The van der Waals surface area contributed by atoms with E-state index < -0.39 is 5.69 Å². The molecule has 0 unspecified atom stereocenters. The van der Waals surface area contributed by atoms with Crippen molar-refractivity contribution in [2.24, 2.45) is 19.1 Å². The summed E-state index contributed by atoms with van der Waals surface area (Å²) in [7, 11) is 3.04. The Morgan fingerprint density at radius 1 is 1.14 bits per heavy atom. The van der Waals surface area contributed by atoms with Gasteiger partial charge in [0.2, 0.25) is 0 Å². The summed E-state index contributed by atoms with van der Waals surface area (Å²) in [5.74, 6) is 0. The van der Waals surface area contributed by atoms with Gasteiger partial charge in [-0.25, -0.2) is 4.79 Å². The van der Waals surface area contributed by atoms with Gasteiger partial charge in [-0.1, -0.05) is 18.2 Å². The van der Waals surface area contributed by atoms with Crippen LogP contribution in [0.2, 0.25) is 0 Å². The number of fused-ring (bicyclic) bond motifs is 1. The van der Waals surface area contributed by atoms with E-state index in [1.54, 1.807) is 19.3 Å². The third-order valence-corrected chi connectivity index (χ3v) is 4.07. The van der Waals surface area contributed by atoms with Crippen LogP contribution in [0.3, 0.4) is 0 Å². The summed E-state index contributed by atoms with van der Waals surface area (Å²) in [6, 6.07) is 7.68. The van der Waals surface area contributed by atoms with Gasteiger partial charge in [-0.05, 0) is 12.1 Å². The van der Waals surface area contributed by atoms with Gasteiger partial charge in [0, 0.05) is 31.4 Å². The van der Waals surface area contributed by atoms with Crippen LogP contribution in [0.5, 0.6) is 0 Å². The van der Waals surface area contributed by atoms with Crippen LogP contribution in [-0.2, 0) is 14.1 Å². The lowest BCUT2D eigenvalue weighted by Gasteiger charge is -2.09. The van der Waals surface area contributed by atoms with Crippen molar-refractivity contribution in [3.63, 3.8) is 0 Å². The topological polar surface area (TPSA) is 56.4 Å². The van der Waals surface area contributed by atoms with Gasteiger partial charge in [-0.15, -0.1) is 12.6 Å². The molecule has 2 heterocycles. The Hall–Kier alpha value is -2.34. The van der Waals surface area contributed by atoms with E-state index in [4.69, 9.17) is 0 Å². The number of allylic oxidation sites excluding steroid dienone is 1. The number of hydrogen-bond acceptors (Lipinski definition) is 4. The van der Waals surface area contributed by atoms with Crippen LogP contribution in [0.15, 0.2) is 43.9 Å². The highest BCUT2D eigenvalue weighted by molar-refractivity contribution is 7.80. The molecule has 3 rings (SSSR count). The summed E-state index contributed by atoms with van der Waals surface area (Å²) in [6.07, 6.45) is 3.43. The Bertz CT molecular complexity index is 919. The first-order valence-electron chi connectivity index (χ1n) is 6.35. The predicted molar refractivity (Wildman–Crippen MR) is 86.6 cm³/mol. The third kappa shape index (κ3) is 2.08. The largest absolute Gasteiger partial charge is 0.331 e. The fourth-order valence-corrected chi connectivity index (χ4v) is 2.54. The molecule has 0 bridgehead atoms. The van der Waals surface area contributed by atoms with Crippen molar-refractivity contribution in [1.82, 2.24) is 9.13 Å². The van der Waals surface area contributed by atoms with Gasteiger partial charge < -0.3 is 0 Å². The highest BCUT2D eigenvalue weighted by Crippen LogP contribution is 2.32. The van der Waals surface area contributed by atoms with E-state index in [9.17, 15) is 9.59 Å². The monoisotopic (exact) mass is 299 g/mol. The Morgan fingerprint density at radius 3 is 2.62 bits per heavy atom. The first-order valence-corrected chi connectivity index (χ1v) is 6.79. The van der Waals surface area contributed by atoms with Crippen LogP contribution in [0.1, 0.15) is 11.1 Å². The van der Waals surface area contributed by atoms with Crippen molar-refractivity contribution in [3.8, 4) is 0 Å². The molecular formula is C15H13N3O2S. The lowest BCUT2D eigenvalue weighted by atomic mass is 10.1. The molecule has 0 amide bonds. The molecule has 2 aromatic rings. The molecule has 0 saturated heterocycles. The number of thiol groups is 1. The highest BCUT2D eigenvalue weighted by atomic mass is 32.1. The minimum absolute atomic E-state index is 0.341. The number of para-hydroxylation sites is 1. The van der Waals surface area contributed by atoms with Crippen LogP contribution in [0.4, 0.5) is 5.69 Å². The Morgan fingerprint density at radius 2 is 1.86 bits per heavy atom. The van der Waals surface area contributed by atoms with Gasteiger partial charge in [0.05, 0.1) is 16.3 Å². The molecule has 0 fully saturated rings. The SMILES string of the molecule is Cn1c(S)c(/C=C2\C=Nc3ccccc32)c(=O)n(C)c1=O. The molecule has 21 heavy (non-hydrogen) atoms. The Balaban J connectivity index is 2.26. The lowest BCUT2D eigenvalue weighted by molar-refractivity contribution is 0.634. The maximum absolute atomic E-state index is 12.3. The molecule has 106 valence electrons. The summed E-state index contributed by atoms with van der Waals surface area (Å²) >= 11 is 4.30. The molecule has 1 aliphatic heterocycles. The average molecular weight is 299 g/mol. The van der Waals surface area contributed by atoms with E-state index >= 15 is 0 Å². The lowest BCUT2D eigenvalue weighted by Crippen LogP contribution is -2.38. The second kappa shape index (κ2) is 4.89. The molecule has 0 radical (unpaired) electrons. The van der Waals surface area contributed by atoms with Crippen molar-refractivity contribution in [2.45, 2.75) is 5.03 Å². The van der Waals surface area contributed by atoms with Crippen LogP contribution >= 0.6 is 12.6 Å². The van der Waals surface area contributed by atoms with Gasteiger partial charge in [0.15, 0.2) is 0 Å². The zero-order valence-electron chi connectivity index (χ0n) is 11.6. The molecule has 1 aromatic heterocycles. The van der Waals surface area contributed by atoms with E-state index in [0.29, 0.717) is 10.6 Å². The van der Waals surface area contributed by atoms with Gasteiger partial charge in [0.25, 0.3) is 5.56 Å². The van der Waals surface area contributed by atoms with Gasteiger partial charge >= 0.3 is 5.69 Å². The molecular weight excluding hydrogens is 286 g/mol. The summed E-state index contributed by atoms with van der Waals surface area (Å²) in [6.45, 7) is 0. The van der Waals surface area contributed by atoms with Crippen molar-refractivity contribution < 1.29 is 0 Å². The minimum atomic E-state index is -0.396. The maximum Gasteiger partial charge on any atom is 0.331 e. The van der Waals surface area contributed by atoms with E-state index in [-0.39, 0.29) is 5.56 Å². The fourth-order valence-electron chi connectivity index (χ4n) is 2.30. The summed E-state index contributed by atoms with van der Waals surface area (Å²) in [5.41, 5.74) is 2.27. The number of rotatable bonds is 1. The second-order valence-corrected chi connectivity index (χ2v) is 5.24. The van der Waals surface area contributed by atoms with Crippen LogP contribution in [0.25, 0.3) is 11.6 Å². The summed E-state index contributed by atoms with van der Waals surface area (Å²) in [5, 5.41) is 0.341. The molecule has 0 atom stereocenters. The fraction of sp³-hybridized carbons (Fsp3) is 0.133. The van der Waals surface area contributed by atoms with E-state index in [1.165, 1.54) is 11.6 Å². The standard InChI is InChI=1S/C15H13N3O2S/c1-17-13(19)11(14(21)18(2)15(17)20)7-9-8-16-12-6-4-3-5-10(9)12/h3-8,21H,1-2H3/b9-7+. The van der Waals surface area contributed by atoms with Crippen LogP contribution < -0.4 is 11.2 Å². The highest BCUT2D eigenvalue weighted by Gasteiger charge is 2.15.